The number of nitrogens with two attached hydrogens (primary N) is 1. The zero-order chi connectivity index (χ0) is 15.3. The molecule has 4 heteroatoms. The van der Waals surface area contributed by atoms with Gasteiger partial charge in [-0.15, -0.1) is 11.3 Å². The molecule has 1 heterocycles. The Hall–Kier alpha value is -1.31. The molecular formula is C17H24N2OS. The number of aryl methyl sites for hydroxylation is 1. The normalized spacial score (nSPS) is 16.3. The van der Waals surface area contributed by atoms with Crippen molar-refractivity contribution >= 4 is 17.2 Å². The molecule has 114 valence electrons. The third-order valence-corrected chi connectivity index (χ3v) is 5.64. The van der Waals surface area contributed by atoms with E-state index in [1.165, 1.54) is 37.0 Å². The fourth-order valence-electron chi connectivity index (χ4n) is 2.98. The van der Waals surface area contributed by atoms with Crippen molar-refractivity contribution in [3.05, 3.63) is 21.4 Å². The maximum Gasteiger partial charge on any atom is 0.261 e. The van der Waals surface area contributed by atoms with Crippen LogP contribution in [0.1, 0.15) is 59.1 Å². The van der Waals surface area contributed by atoms with Crippen LogP contribution in [0.25, 0.3) is 0 Å². The van der Waals surface area contributed by atoms with Gasteiger partial charge in [0.15, 0.2) is 0 Å². The largest absolute Gasteiger partial charge is 0.351 e. The SMILES string of the molecule is CCC1(CNC(=O)c2cc(C)c(C#CCN)s2)CCCC1. The molecule has 1 aliphatic carbocycles. The maximum absolute atomic E-state index is 12.3. The number of amides is 1. The van der Waals surface area contributed by atoms with Crippen LogP contribution in [0.4, 0.5) is 0 Å². The summed E-state index contributed by atoms with van der Waals surface area (Å²) in [5.41, 5.74) is 6.77. The van der Waals surface area contributed by atoms with Crippen molar-refractivity contribution < 1.29 is 4.79 Å². The van der Waals surface area contributed by atoms with Gasteiger partial charge in [0.05, 0.1) is 16.3 Å². The van der Waals surface area contributed by atoms with Gasteiger partial charge in [0.2, 0.25) is 0 Å². The van der Waals surface area contributed by atoms with Gasteiger partial charge >= 0.3 is 0 Å². The van der Waals surface area contributed by atoms with Crippen molar-refractivity contribution in [1.29, 1.82) is 0 Å². The van der Waals surface area contributed by atoms with Crippen LogP contribution in [0.5, 0.6) is 0 Å². The first kappa shape index (κ1) is 16.1. The number of carbonyl (C=O) groups excluding carboxylic acids is 1. The van der Waals surface area contributed by atoms with Crippen molar-refractivity contribution in [2.45, 2.75) is 46.0 Å². The molecule has 0 atom stereocenters. The number of rotatable bonds is 4. The molecule has 1 saturated carbocycles. The summed E-state index contributed by atoms with van der Waals surface area (Å²) in [4.78, 5) is 14.0. The van der Waals surface area contributed by atoms with Gasteiger partial charge in [-0.05, 0) is 43.2 Å². The molecule has 1 aliphatic rings. The third kappa shape index (κ3) is 3.87. The number of hydrogen-bond acceptors (Lipinski definition) is 3. The van der Waals surface area contributed by atoms with Crippen LogP contribution < -0.4 is 11.1 Å². The van der Waals surface area contributed by atoms with Crippen LogP contribution in [0.15, 0.2) is 6.07 Å². The van der Waals surface area contributed by atoms with E-state index in [0.717, 1.165) is 28.3 Å². The number of carbonyl (C=O) groups is 1. The van der Waals surface area contributed by atoms with E-state index in [1.807, 2.05) is 13.0 Å². The second-order valence-electron chi connectivity index (χ2n) is 5.87. The molecule has 1 fully saturated rings. The Bertz CT molecular complexity index is 559. The molecule has 2 rings (SSSR count). The molecule has 21 heavy (non-hydrogen) atoms. The summed E-state index contributed by atoms with van der Waals surface area (Å²) in [5.74, 6) is 5.90. The highest BCUT2D eigenvalue weighted by molar-refractivity contribution is 7.14. The minimum Gasteiger partial charge on any atom is -0.351 e. The topological polar surface area (TPSA) is 55.1 Å². The Morgan fingerprint density at radius 1 is 1.48 bits per heavy atom. The van der Waals surface area contributed by atoms with Crippen LogP contribution in [0, 0.1) is 24.2 Å². The van der Waals surface area contributed by atoms with Gasteiger partial charge in [0, 0.05) is 6.54 Å². The minimum atomic E-state index is 0.0311. The molecule has 1 aromatic rings. The molecule has 0 saturated heterocycles. The monoisotopic (exact) mass is 304 g/mol. The lowest BCUT2D eigenvalue weighted by atomic mass is 9.83. The van der Waals surface area contributed by atoms with E-state index in [0.29, 0.717) is 12.0 Å². The van der Waals surface area contributed by atoms with Crippen molar-refractivity contribution in [1.82, 2.24) is 5.32 Å². The first-order chi connectivity index (χ1) is 10.1. The van der Waals surface area contributed by atoms with E-state index in [4.69, 9.17) is 5.73 Å². The molecule has 0 aliphatic heterocycles. The second-order valence-corrected chi connectivity index (χ2v) is 6.92. The zero-order valence-corrected chi connectivity index (χ0v) is 13.7. The van der Waals surface area contributed by atoms with Crippen molar-refractivity contribution in [3.63, 3.8) is 0 Å². The van der Waals surface area contributed by atoms with Crippen LogP contribution in [-0.4, -0.2) is 19.0 Å². The van der Waals surface area contributed by atoms with Crippen LogP contribution in [0.2, 0.25) is 0 Å². The molecule has 1 aromatic heterocycles. The summed E-state index contributed by atoms with van der Waals surface area (Å²) >= 11 is 1.46. The summed E-state index contributed by atoms with van der Waals surface area (Å²) < 4.78 is 0. The first-order valence-corrected chi connectivity index (χ1v) is 8.49. The molecule has 0 bridgehead atoms. The fourth-order valence-corrected chi connectivity index (χ4v) is 3.95. The molecule has 3 nitrogen and oxygen atoms in total. The highest BCUT2D eigenvalue weighted by Gasteiger charge is 2.32. The van der Waals surface area contributed by atoms with Crippen molar-refractivity contribution in [3.8, 4) is 11.8 Å². The van der Waals surface area contributed by atoms with E-state index < -0.39 is 0 Å². The summed E-state index contributed by atoms with van der Waals surface area (Å²) in [7, 11) is 0. The number of hydrogen-bond donors (Lipinski definition) is 2. The van der Waals surface area contributed by atoms with Crippen LogP contribution in [-0.2, 0) is 0 Å². The fraction of sp³-hybridized carbons (Fsp3) is 0.588. The van der Waals surface area contributed by atoms with E-state index in [1.54, 1.807) is 0 Å². The van der Waals surface area contributed by atoms with E-state index in [2.05, 4.69) is 24.1 Å². The summed E-state index contributed by atoms with van der Waals surface area (Å²) in [6.07, 6.45) is 6.20. The first-order valence-electron chi connectivity index (χ1n) is 7.68. The lowest BCUT2D eigenvalue weighted by Crippen LogP contribution is -2.35. The van der Waals surface area contributed by atoms with Crippen molar-refractivity contribution in [2.75, 3.05) is 13.1 Å². The average Bonchev–Trinajstić information content (AvgIpc) is 3.10. The van der Waals surface area contributed by atoms with Crippen molar-refractivity contribution in [2.24, 2.45) is 11.1 Å². The van der Waals surface area contributed by atoms with Gasteiger partial charge in [-0.2, -0.15) is 0 Å². The quantitative estimate of drug-likeness (QED) is 0.840. The van der Waals surface area contributed by atoms with Crippen LogP contribution in [0.3, 0.4) is 0 Å². The second kappa shape index (κ2) is 7.11. The molecule has 3 N–H and O–H groups in total. The Kier molecular flexibility index (Phi) is 5.44. The Balaban J connectivity index is 2.00. The number of nitrogens with one attached hydrogen (secondary N) is 1. The van der Waals surface area contributed by atoms with E-state index >= 15 is 0 Å². The highest BCUT2D eigenvalue weighted by Crippen LogP contribution is 2.40. The average molecular weight is 304 g/mol. The molecule has 1 amide bonds. The molecule has 0 aromatic carbocycles. The molecular weight excluding hydrogens is 280 g/mol. The predicted molar refractivity (Wildman–Crippen MR) is 88.5 cm³/mol. The highest BCUT2D eigenvalue weighted by atomic mass is 32.1. The van der Waals surface area contributed by atoms with E-state index in [9.17, 15) is 4.79 Å². The summed E-state index contributed by atoms with van der Waals surface area (Å²) in [6, 6.07) is 1.92. The number of thiophene rings is 1. The zero-order valence-electron chi connectivity index (χ0n) is 12.9. The predicted octanol–water partition coefficient (Wildman–Crippen LogP) is 3.07. The molecule has 0 radical (unpaired) electrons. The van der Waals surface area contributed by atoms with Gasteiger partial charge in [-0.25, -0.2) is 0 Å². The molecule has 0 unspecified atom stereocenters. The minimum absolute atomic E-state index is 0.0311. The Morgan fingerprint density at radius 2 is 2.19 bits per heavy atom. The lowest BCUT2D eigenvalue weighted by Gasteiger charge is -2.27. The van der Waals surface area contributed by atoms with Gasteiger partial charge in [-0.3, -0.25) is 4.79 Å². The van der Waals surface area contributed by atoms with Gasteiger partial charge in [0.25, 0.3) is 5.91 Å². The summed E-state index contributed by atoms with van der Waals surface area (Å²) in [5, 5.41) is 3.13. The van der Waals surface area contributed by atoms with E-state index in [-0.39, 0.29) is 5.91 Å². The summed E-state index contributed by atoms with van der Waals surface area (Å²) in [6.45, 7) is 5.35. The van der Waals surface area contributed by atoms with Gasteiger partial charge < -0.3 is 11.1 Å². The standard InChI is InChI=1S/C17H24N2OS/c1-3-17(8-4-5-9-17)12-19-16(20)15-11-13(2)14(21-15)7-6-10-18/h11H,3-5,8-10,12,18H2,1-2H3,(H,19,20). The third-order valence-electron chi connectivity index (χ3n) is 4.48. The maximum atomic E-state index is 12.3. The lowest BCUT2D eigenvalue weighted by molar-refractivity contribution is 0.0933. The molecule has 0 spiro atoms. The van der Waals surface area contributed by atoms with Gasteiger partial charge in [0.1, 0.15) is 0 Å². The Morgan fingerprint density at radius 3 is 2.81 bits per heavy atom. The van der Waals surface area contributed by atoms with Crippen LogP contribution >= 0.6 is 11.3 Å². The Labute approximate surface area is 131 Å². The smallest absolute Gasteiger partial charge is 0.261 e. The van der Waals surface area contributed by atoms with Gasteiger partial charge in [-0.1, -0.05) is 31.6 Å².